The lowest BCUT2D eigenvalue weighted by Crippen LogP contribution is -2.44. The van der Waals surface area contributed by atoms with Gasteiger partial charge in [-0.3, -0.25) is 4.79 Å². The predicted octanol–water partition coefficient (Wildman–Crippen LogP) is 1.24. The smallest absolute Gasteiger partial charge is 0.239 e. The van der Waals surface area contributed by atoms with Gasteiger partial charge < -0.3 is 10.2 Å². The molecule has 0 aromatic heterocycles. The third-order valence-electron chi connectivity index (χ3n) is 4.31. The average molecular weight is 210 g/mol. The van der Waals surface area contributed by atoms with Gasteiger partial charge in [0.2, 0.25) is 5.91 Å². The standard InChI is InChI=1S/C12H22N2O/c1-8-4-5-10(9(8)2)13-11-6-7-14(3)12(11)15/h8-11,13H,4-7H2,1-3H3. The molecule has 1 saturated carbocycles. The van der Waals surface area contributed by atoms with E-state index < -0.39 is 0 Å². The number of nitrogens with zero attached hydrogens (tertiary/aromatic N) is 1. The van der Waals surface area contributed by atoms with Gasteiger partial charge in [-0.05, 0) is 31.1 Å². The Hall–Kier alpha value is -0.570. The van der Waals surface area contributed by atoms with E-state index in [2.05, 4.69) is 19.2 Å². The lowest BCUT2D eigenvalue weighted by molar-refractivity contribution is -0.128. The molecule has 0 radical (unpaired) electrons. The zero-order chi connectivity index (χ0) is 11.0. The molecule has 4 atom stereocenters. The van der Waals surface area contributed by atoms with E-state index in [9.17, 15) is 4.79 Å². The number of carbonyl (C=O) groups is 1. The number of hydrogen-bond donors (Lipinski definition) is 1. The maximum Gasteiger partial charge on any atom is 0.239 e. The molecule has 0 spiro atoms. The molecule has 0 aromatic rings. The molecule has 1 saturated heterocycles. The molecule has 2 rings (SSSR count). The minimum atomic E-state index is 0.0905. The van der Waals surface area contributed by atoms with Gasteiger partial charge in [-0.2, -0.15) is 0 Å². The summed E-state index contributed by atoms with van der Waals surface area (Å²) in [4.78, 5) is 13.6. The van der Waals surface area contributed by atoms with E-state index in [1.54, 1.807) is 0 Å². The number of likely N-dealkylation sites (N-methyl/N-ethyl adjacent to an activating group) is 1. The van der Waals surface area contributed by atoms with Gasteiger partial charge in [0, 0.05) is 19.6 Å². The Bertz CT molecular complexity index is 254. The fraction of sp³-hybridized carbons (Fsp3) is 0.917. The van der Waals surface area contributed by atoms with Crippen molar-refractivity contribution in [2.75, 3.05) is 13.6 Å². The lowest BCUT2D eigenvalue weighted by Gasteiger charge is -2.23. The predicted molar refractivity (Wildman–Crippen MR) is 60.5 cm³/mol. The molecule has 15 heavy (non-hydrogen) atoms. The number of rotatable bonds is 2. The molecule has 1 aliphatic heterocycles. The third-order valence-corrected chi connectivity index (χ3v) is 4.31. The number of hydrogen-bond acceptors (Lipinski definition) is 2. The van der Waals surface area contributed by atoms with Crippen LogP contribution in [0, 0.1) is 11.8 Å². The van der Waals surface area contributed by atoms with E-state index in [1.165, 1.54) is 12.8 Å². The molecular formula is C12H22N2O. The van der Waals surface area contributed by atoms with Crippen LogP contribution in [-0.4, -0.2) is 36.5 Å². The monoisotopic (exact) mass is 210 g/mol. The lowest BCUT2D eigenvalue weighted by atomic mass is 9.97. The average Bonchev–Trinajstić information content (AvgIpc) is 2.68. The normalized spacial score (nSPS) is 41.5. The number of nitrogens with one attached hydrogen (secondary N) is 1. The molecular weight excluding hydrogens is 188 g/mol. The Kier molecular flexibility index (Phi) is 3.01. The van der Waals surface area contributed by atoms with E-state index in [0.717, 1.165) is 18.9 Å². The van der Waals surface area contributed by atoms with Crippen LogP contribution in [0.1, 0.15) is 33.1 Å². The largest absolute Gasteiger partial charge is 0.344 e. The molecule has 4 unspecified atom stereocenters. The fourth-order valence-electron chi connectivity index (χ4n) is 2.84. The van der Waals surface area contributed by atoms with Crippen LogP contribution in [0.5, 0.6) is 0 Å². The highest BCUT2D eigenvalue weighted by Crippen LogP contribution is 2.31. The molecule has 0 aromatic carbocycles. The van der Waals surface area contributed by atoms with E-state index >= 15 is 0 Å². The minimum absolute atomic E-state index is 0.0905. The number of amides is 1. The van der Waals surface area contributed by atoms with E-state index in [-0.39, 0.29) is 11.9 Å². The van der Waals surface area contributed by atoms with E-state index in [4.69, 9.17) is 0 Å². The molecule has 2 aliphatic rings. The minimum Gasteiger partial charge on any atom is -0.344 e. The Labute approximate surface area is 92.2 Å². The zero-order valence-corrected chi connectivity index (χ0v) is 9.99. The second kappa shape index (κ2) is 4.12. The van der Waals surface area contributed by atoms with Gasteiger partial charge in [-0.15, -0.1) is 0 Å². The van der Waals surface area contributed by atoms with E-state index in [1.807, 2.05) is 11.9 Å². The summed E-state index contributed by atoms with van der Waals surface area (Å²) in [6.45, 7) is 5.53. The topological polar surface area (TPSA) is 32.3 Å². The van der Waals surface area contributed by atoms with Crippen molar-refractivity contribution in [3.8, 4) is 0 Å². The summed E-state index contributed by atoms with van der Waals surface area (Å²) in [7, 11) is 1.89. The summed E-state index contributed by atoms with van der Waals surface area (Å²) in [5, 5.41) is 3.55. The van der Waals surface area contributed by atoms with Gasteiger partial charge in [-0.25, -0.2) is 0 Å². The third kappa shape index (κ3) is 2.03. The molecule has 86 valence electrons. The fourth-order valence-corrected chi connectivity index (χ4v) is 2.84. The van der Waals surface area contributed by atoms with E-state index in [0.29, 0.717) is 12.0 Å². The summed E-state index contributed by atoms with van der Waals surface area (Å²) >= 11 is 0. The van der Waals surface area contributed by atoms with Crippen molar-refractivity contribution in [1.82, 2.24) is 10.2 Å². The van der Waals surface area contributed by atoms with Gasteiger partial charge in [0.1, 0.15) is 0 Å². The molecule has 0 bridgehead atoms. The van der Waals surface area contributed by atoms with Gasteiger partial charge in [0.05, 0.1) is 6.04 Å². The van der Waals surface area contributed by atoms with Crippen LogP contribution in [0.2, 0.25) is 0 Å². The SMILES string of the molecule is CC1CCC(NC2CCN(C)C2=O)C1C. The second-order valence-corrected chi connectivity index (χ2v) is 5.29. The zero-order valence-electron chi connectivity index (χ0n) is 9.99. The Morgan fingerprint density at radius 3 is 2.47 bits per heavy atom. The molecule has 1 N–H and O–H groups in total. The summed E-state index contributed by atoms with van der Waals surface area (Å²) < 4.78 is 0. The van der Waals surface area contributed by atoms with Crippen LogP contribution in [0.15, 0.2) is 0 Å². The van der Waals surface area contributed by atoms with Crippen LogP contribution in [0.3, 0.4) is 0 Å². The van der Waals surface area contributed by atoms with Crippen molar-refractivity contribution < 1.29 is 4.79 Å². The van der Waals surface area contributed by atoms with Gasteiger partial charge >= 0.3 is 0 Å². The van der Waals surface area contributed by atoms with Gasteiger partial charge in [0.15, 0.2) is 0 Å². The van der Waals surface area contributed by atoms with Crippen molar-refractivity contribution in [3.05, 3.63) is 0 Å². The highest BCUT2D eigenvalue weighted by Gasteiger charge is 2.35. The first kappa shape index (κ1) is 10.9. The molecule has 1 aliphatic carbocycles. The summed E-state index contributed by atoms with van der Waals surface area (Å²) in [5.74, 6) is 1.79. The molecule has 3 heteroatoms. The van der Waals surface area contributed by atoms with Crippen molar-refractivity contribution in [2.45, 2.75) is 45.2 Å². The quantitative estimate of drug-likeness (QED) is 0.744. The van der Waals surface area contributed by atoms with Gasteiger partial charge in [-0.1, -0.05) is 13.8 Å². The summed E-state index contributed by atoms with van der Waals surface area (Å²) in [5.41, 5.74) is 0. The Balaban J connectivity index is 1.90. The number of carbonyl (C=O) groups excluding carboxylic acids is 1. The first-order chi connectivity index (χ1) is 7.09. The summed E-state index contributed by atoms with van der Waals surface area (Å²) in [6, 6.07) is 0.646. The highest BCUT2D eigenvalue weighted by atomic mass is 16.2. The summed E-state index contributed by atoms with van der Waals surface area (Å²) in [6.07, 6.45) is 3.51. The molecule has 1 amide bonds. The van der Waals surface area contributed by atoms with Crippen LogP contribution in [0.25, 0.3) is 0 Å². The second-order valence-electron chi connectivity index (χ2n) is 5.29. The maximum absolute atomic E-state index is 11.7. The van der Waals surface area contributed by atoms with Crippen molar-refractivity contribution >= 4 is 5.91 Å². The first-order valence-electron chi connectivity index (χ1n) is 6.10. The van der Waals surface area contributed by atoms with Crippen LogP contribution >= 0.6 is 0 Å². The Morgan fingerprint density at radius 2 is 2.00 bits per heavy atom. The van der Waals surface area contributed by atoms with Crippen molar-refractivity contribution in [3.63, 3.8) is 0 Å². The molecule has 3 nitrogen and oxygen atoms in total. The van der Waals surface area contributed by atoms with Crippen molar-refractivity contribution in [1.29, 1.82) is 0 Å². The molecule has 1 heterocycles. The maximum atomic E-state index is 11.7. The van der Waals surface area contributed by atoms with Crippen molar-refractivity contribution in [2.24, 2.45) is 11.8 Å². The number of likely N-dealkylation sites (tertiary alicyclic amines) is 1. The van der Waals surface area contributed by atoms with Crippen LogP contribution < -0.4 is 5.32 Å². The molecule has 2 fully saturated rings. The first-order valence-corrected chi connectivity index (χ1v) is 6.10. The Morgan fingerprint density at radius 1 is 1.27 bits per heavy atom. The highest BCUT2D eigenvalue weighted by molar-refractivity contribution is 5.83. The van der Waals surface area contributed by atoms with Crippen LogP contribution in [-0.2, 0) is 4.79 Å². The van der Waals surface area contributed by atoms with Crippen LogP contribution in [0.4, 0.5) is 0 Å². The van der Waals surface area contributed by atoms with Gasteiger partial charge in [0.25, 0.3) is 0 Å².